The van der Waals surface area contributed by atoms with E-state index in [1.807, 2.05) is 0 Å². The lowest BCUT2D eigenvalue weighted by molar-refractivity contribution is 0.109. The van der Waals surface area contributed by atoms with Gasteiger partial charge in [0.25, 0.3) is 0 Å². The lowest BCUT2D eigenvalue weighted by atomic mass is 9.66. The van der Waals surface area contributed by atoms with E-state index >= 15 is 0 Å². The highest BCUT2D eigenvalue weighted by Crippen LogP contribution is 2.69. The van der Waals surface area contributed by atoms with Crippen LogP contribution in [0, 0.1) is 35.0 Å². The number of fused-ring (bicyclic) bond motifs is 1. The summed E-state index contributed by atoms with van der Waals surface area (Å²) in [6, 6.07) is 0. The molecule has 3 heteroatoms. The maximum atomic E-state index is 8.88. The summed E-state index contributed by atoms with van der Waals surface area (Å²) in [4.78, 5) is 3.15. The summed E-state index contributed by atoms with van der Waals surface area (Å²) in [6.07, 6.45) is 5.13. The average Bonchev–Trinajstić information content (AvgIpc) is 2.70. The van der Waals surface area contributed by atoms with Gasteiger partial charge in [0, 0.05) is 10.5 Å². The summed E-state index contributed by atoms with van der Waals surface area (Å²) >= 11 is 0. The second-order valence-electron chi connectivity index (χ2n) is 7.92. The van der Waals surface area contributed by atoms with E-state index in [-0.39, 0.29) is 5.54 Å². The monoisotopic (exact) mass is 247 g/mol. The predicted octanol–water partition coefficient (Wildman–Crippen LogP) is 4.78. The first-order chi connectivity index (χ1) is 8.39. The van der Waals surface area contributed by atoms with Crippen molar-refractivity contribution in [3.05, 3.63) is 10.4 Å². The number of nitrogens with zero attached hydrogens (tertiary/aromatic N) is 3. The van der Waals surface area contributed by atoms with Gasteiger partial charge < -0.3 is 0 Å². The topological polar surface area (TPSA) is 48.8 Å². The molecule has 0 spiro atoms. The Morgan fingerprint density at radius 2 is 1.94 bits per heavy atom. The van der Waals surface area contributed by atoms with Crippen molar-refractivity contribution in [2.24, 2.45) is 40.1 Å². The van der Waals surface area contributed by atoms with E-state index in [0.29, 0.717) is 11.3 Å². The number of hydrogen-bond donors (Lipinski definition) is 0. The molecule has 3 rings (SSSR count). The van der Waals surface area contributed by atoms with Crippen molar-refractivity contribution in [2.45, 2.75) is 58.9 Å². The minimum atomic E-state index is -0.110. The molecule has 3 saturated carbocycles. The Morgan fingerprint density at radius 3 is 2.56 bits per heavy atom. The minimum absolute atomic E-state index is 0.110. The smallest absolute Gasteiger partial charge is 0.0491 e. The molecular weight excluding hydrogens is 222 g/mol. The zero-order chi connectivity index (χ0) is 13.1. The highest BCUT2D eigenvalue weighted by atomic mass is 15.2. The van der Waals surface area contributed by atoms with Gasteiger partial charge in [-0.15, -0.1) is 0 Å². The largest absolute Gasteiger partial charge is 0.0873 e. The van der Waals surface area contributed by atoms with E-state index in [9.17, 15) is 0 Å². The molecule has 6 atom stereocenters. The molecule has 100 valence electrons. The summed E-state index contributed by atoms with van der Waals surface area (Å²) in [5.41, 5.74) is 9.30. The van der Waals surface area contributed by atoms with Gasteiger partial charge in [0.2, 0.25) is 0 Å². The molecule has 3 nitrogen and oxygen atoms in total. The van der Waals surface area contributed by atoms with Crippen LogP contribution in [0.1, 0.15) is 53.4 Å². The zero-order valence-electron chi connectivity index (χ0n) is 12.1. The van der Waals surface area contributed by atoms with E-state index < -0.39 is 0 Å². The van der Waals surface area contributed by atoms with Crippen LogP contribution in [0.4, 0.5) is 0 Å². The highest BCUT2D eigenvalue weighted by molar-refractivity contribution is 5.15. The molecule has 3 aliphatic carbocycles. The summed E-state index contributed by atoms with van der Waals surface area (Å²) in [6.45, 7) is 9.43. The van der Waals surface area contributed by atoms with Gasteiger partial charge in [-0.25, -0.2) is 0 Å². The molecule has 2 bridgehead atoms. The zero-order valence-corrected chi connectivity index (χ0v) is 12.1. The van der Waals surface area contributed by atoms with Crippen molar-refractivity contribution in [1.29, 1.82) is 0 Å². The molecule has 0 aromatic carbocycles. The maximum Gasteiger partial charge on any atom is 0.0491 e. The first-order valence-corrected chi connectivity index (χ1v) is 7.46. The van der Waals surface area contributed by atoms with Crippen molar-refractivity contribution in [3.8, 4) is 0 Å². The Morgan fingerprint density at radius 1 is 1.22 bits per heavy atom. The molecule has 0 aromatic heterocycles. The van der Waals surface area contributed by atoms with Crippen molar-refractivity contribution in [2.75, 3.05) is 0 Å². The van der Waals surface area contributed by atoms with Gasteiger partial charge in [-0.1, -0.05) is 32.8 Å². The standard InChI is InChI=1S/C15H25N3/c1-9(2)11-7-14(3)6-10-5-13(14)12(11)8-15(10,4)17-18-16/h9-13H,5-8H2,1-4H3/t10?,11-,12?,13?,14?,15-/m0/s1. The molecule has 3 aliphatic rings. The molecule has 0 radical (unpaired) electrons. The maximum absolute atomic E-state index is 8.88. The first kappa shape index (κ1) is 12.3. The van der Waals surface area contributed by atoms with Crippen LogP contribution >= 0.6 is 0 Å². The predicted molar refractivity (Wildman–Crippen MR) is 72.9 cm³/mol. The summed E-state index contributed by atoms with van der Waals surface area (Å²) in [5.74, 6) is 3.94. The van der Waals surface area contributed by atoms with Crippen LogP contribution in [0.3, 0.4) is 0 Å². The van der Waals surface area contributed by atoms with E-state index in [1.165, 1.54) is 19.3 Å². The molecule has 18 heavy (non-hydrogen) atoms. The van der Waals surface area contributed by atoms with Gasteiger partial charge in [-0.3, -0.25) is 0 Å². The number of hydrogen-bond acceptors (Lipinski definition) is 1. The Kier molecular flexibility index (Phi) is 2.51. The lowest BCUT2D eigenvalue weighted by Crippen LogP contribution is -2.40. The van der Waals surface area contributed by atoms with Crippen LogP contribution in [-0.4, -0.2) is 5.54 Å². The molecule has 0 saturated heterocycles. The summed E-state index contributed by atoms with van der Waals surface area (Å²) < 4.78 is 0. The van der Waals surface area contributed by atoms with Gasteiger partial charge in [-0.2, -0.15) is 0 Å². The van der Waals surface area contributed by atoms with E-state index in [1.54, 1.807) is 0 Å². The highest BCUT2D eigenvalue weighted by Gasteiger charge is 2.63. The molecule has 4 unspecified atom stereocenters. The van der Waals surface area contributed by atoms with Crippen molar-refractivity contribution in [3.63, 3.8) is 0 Å². The number of azide groups is 1. The van der Waals surface area contributed by atoms with Crippen molar-refractivity contribution in [1.82, 2.24) is 0 Å². The molecule has 0 aliphatic heterocycles. The fourth-order valence-corrected chi connectivity index (χ4v) is 5.67. The van der Waals surface area contributed by atoms with E-state index in [4.69, 9.17) is 5.53 Å². The Balaban J connectivity index is 1.98. The van der Waals surface area contributed by atoms with Crippen LogP contribution in [0.15, 0.2) is 5.11 Å². The summed E-state index contributed by atoms with van der Waals surface area (Å²) in [7, 11) is 0. The quantitative estimate of drug-likeness (QED) is 0.383. The van der Waals surface area contributed by atoms with E-state index in [2.05, 4.69) is 37.7 Å². The summed E-state index contributed by atoms with van der Waals surface area (Å²) in [5, 5.41) is 4.22. The Labute approximate surface area is 110 Å². The van der Waals surface area contributed by atoms with Gasteiger partial charge in [0.05, 0.1) is 0 Å². The van der Waals surface area contributed by atoms with Crippen LogP contribution in [0.25, 0.3) is 10.4 Å². The van der Waals surface area contributed by atoms with Crippen molar-refractivity contribution < 1.29 is 0 Å². The van der Waals surface area contributed by atoms with Crippen molar-refractivity contribution >= 4 is 0 Å². The van der Waals surface area contributed by atoms with Crippen LogP contribution in [-0.2, 0) is 0 Å². The Hall–Kier alpha value is -0.690. The normalized spacial score (nSPS) is 53.6. The Bertz CT molecular complexity index is 412. The molecule has 0 aromatic rings. The lowest BCUT2D eigenvalue weighted by Gasteiger charge is -2.42. The average molecular weight is 247 g/mol. The molecule has 0 N–H and O–H groups in total. The molecular formula is C15H25N3. The van der Waals surface area contributed by atoms with E-state index in [0.717, 1.165) is 30.1 Å². The van der Waals surface area contributed by atoms with Crippen LogP contribution in [0.2, 0.25) is 0 Å². The van der Waals surface area contributed by atoms with Gasteiger partial charge >= 0.3 is 0 Å². The number of rotatable bonds is 2. The third kappa shape index (κ3) is 1.46. The third-order valence-electron chi connectivity index (χ3n) is 6.57. The van der Waals surface area contributed by atoms with Gasteiger partial charge in [0.1, 0.15) is 0 Å². The molecule has 0 heterocycles. The SMILES string of the molecule is CC(C)[C@@H]1CC2(C)CC3CC2C1C[C@]3(C)N=[N+]=[N-]. The fourth-order valence-electron chi connectivity index (χ4n) is 5.67. The first-order valence-electron chi connectivity index (χ1n) is 7.46. The fraction of sp³-hybridized carbons (Fsp3) is 1.00. The second kappa shape index (κ2) is 3.66. The molecule has 0 amide bonds. The van der Waals surface area contributed by atoms with Crippen LogP contribution < -0.4 is 0 Å². The molecule has 3 fully saturated rings. The minimum Gasteiger partial charge on any atom is -0.0873 e. The van der Waals surface area contributed by atoms with Crippen LogP contribution in [0.5, 0.6) is 0 Å². The second-order valence-corrected chi connectivity index (χ2v) is 7.92. The van der Waals surface area contributed by atoms with Gasteiger partial charge in [-0.05, 0) is 66.2 Å². The third-order valence-corrected chi connectivity index (χ3v) is 6.57. The van der Waals surface area contributed by atoms with Gasteiger partial charge in [0.15, 0.2) is 0 Å².